The van der Waals surface area contributed by atoms with Gasteiger partial charge in [0.05, 0.1) is 11.7 Å². The lowest BCUT2D eigenvalue weighted by Crippen LogP contribution is -2.24. The van der Waals surface area contributed by atoms with Gasteiger partial charge in [-0.05, 0) is 33.6 Å². The Labute approximate surface area is 104 Å². The molecule has 6 nitrogen and oxygen atoms in total. The van der Waals surface area contributed by atoms with Crippen molar-refractivity contribution in [1.29, 1.82) is 0 Å². The largest absolute Gasteiger partial charge is 0.353 e. The van der Waals surface area contributed by atoms with E-state index in [9.17, 15) is 4.79 Å². The molecule has 18 heavy (non-hydrogen) atoms. The van der Waals surface area contributed by atoms with E-state index in [0.29, 0.717) is 23.0 Å². The van der Waals surface area contributed by atoms with E-state index in [4.69, 9.17) is 0 Å². The molecule has 2 aromatic heterocycles. The van der Waals surface area contributed by atoms with Crippen LogP contribution in [0.1, 0.15) is 33.6 Å². The summed E-state index contributed by atoms with van der Waals surface area (Å²) >= 11 is 0. The number of hydrogen-bond acceptors (Lipinski definition) is 4. The number of anilines is 1. The van der Waals surface area contributed by atoms with Crippen molar-refractivity contribution in [3.8, 4) is 0 Å². The summed E-state index contributed by atoms with van der Waals surface area (Å²) in [4.78, 5) is 19.2. The van der Waals surface area contributed by atoms with Gasteiger partial charge in [-0.2, -0.15) is 10.1 Å². The van der Waals surface area contributed by atoms with Crippen LogP contribution in [0.3, 0.4) is 0 Å². The third kappa shape index (κ3) is 1.87. The van der Waals surface area contributed by atoms with E-state index >= 15 is 0 Å². The number of fused-ring (bicyclic) bond motifs is 1. The van der Waals surface area contributed by atoms with Crippen LogP contribution in [0.4, 0.5) is 5.95 Å². The van der Waals surface area contributed by atoms with Crippen LogP contribution in [-0.2, 0) is 5.54 Å². The van der Waals surface area contributed by atoms with Crippen LogP contribution in [0.2, 0.25) is 0 Å². The monoisotopic (exact) mass is 247 g/mol. The molecule has 1 fully saturated rings. The minimum atomic E-state index is -0.195. The number of nitrogens with zero attached hydrogens (tertiary/aromatic N) is 3. The maximum absolute atomic E-state index is 12.0. The lowest BCUT2D eigenvalue weighted by Gasteiger charge is -2.19. The van der Waals surface area contributed by atoms with Crippen molar-refractivity contribution in [2.24, 2.45) is 0 Å². The summed E-state index contributed by atoms with van der Waals surface area (Å²) in [7, 11) is 0. The first kappa shape index (κ1) is 11.3. The molecule has 1 aliphatic rings. The van der Waals surface area contributed by atoms with Gasteiger partial charge in [0, 0.05) is 6.04 Å². The summed E-state index contributed by atoms with van der Waals surface area (Å²) in [6.07, 6.45) is 3.86. The number of rotatable bonds is 2. The number of aromatic nitrogens is 4. The molecular formula is C12H17N5O. The van der Waals surface area contributed by atoms with Crippen molar-refractivity contribution >= 4 is 17.0 Å². The van der Waals surface area contributed by atoms with E-state index in [0.717, 1.165) is 12.8 Å². The van der Waals surface area contributed by atoms with Gasteiger partial charge in [0.25, 0.3) is 5.56 Å². The fourth-order valence-corrected chi connectivity index (χ4v) is 1.90. The molecule has 0 atom stereocenters. The molecule has 3 rings (SSSR count). The Kier molecular flexibility index (Phi) is 2.23. The molecule has 0 aromatic carbocycles. The Hall–Kier alpha value is -1.85. The molecule has 2 N–H and O–H groups in total. The molecular weight excluding hydrogens is 230 g/mol. The molecule has 0 aliphatic heterocycles. The van der Waals surface area contributed by atoms with Gasteiger partial charge < -0.3 is 5.32 Å². The Morgan fingerprint density at radius 1 is 1.44 bits per heavy atom. The summed E-state index contributed by atoms with van der Waals surface area (Å²) in [6, 6.07) is 0.455. The Morgan fingerprint density at radius 3 is 2.78 bits per heavy atom. The average Bonchev–Trinajstić information content (AvgIpc) is 2.93. The third-order valence-electron chi connectivity index (χ3n) is 2.99. The molecule has 0 unspecified atom stereocenters. The lowest BCUT2D eigenvalue weighted by molar-refractivity contribution is 0.366. The molecule has 0 radical (unpaired) electrons. The van der Waals surface area contributed by atoms with Crippen LogP contribution in [0.15, 0.2) is 11.0 Å². The van der Waals surface area contributed by atoms with E-state index in [1.807, 2.05) is 20.8 Å². The fourth-order valence-electron chi connectivity index (χ4n) is 1.90. The molecule has 2 aromatic rings. The fraction of sp³-hybridized carbons (Fsp3) is 0.583. The van der Waals surface area contributed by atoms with E-state index in [1.54, 1.807) is 10.9 Å². The predicted molar refractivity (Wildman–Crippen MR) is 69.8 cm³/mol. The summed E-state index contributed by atoms with van der Waals surface area (Å²) in [5, 5.41) is 8.01. The van der Waals surface area contributed by atoms with Crippen molar-refractivity contribution in [3.05, 3.63) is 16.6 Å². The topological polar surface area (TPSA) is 75.6 Å². The third-order valence-corrected chi connectivity index (χ3v) is 2.99. The Morgan fingerprint density at radius 2 is 2.17 bits per heavy atom. The normalized spacial score (nSPS) is 16.2. The van der Waals surface area contributed by atoms with Crippen LogP contribution in [0.5, 0.6) is 0 Å². The molecule has 0 amide bonds. The van der Waals surface area contributed by atoms with Gasteiger partial charge in [-0.15, -0.1) is 0 Å². The quantitative estimate of drug-likeness (QED) is 0.842. The van der Waals surface area contributed by atoms with Gasteiger partial charge >= 0.3 is 0 Å². The van der Waals surface area contributed by atoms with Gasteiger partial charge in [-0.1, -0.05) is 0 Å². The molecule has 2 heterocycles. The van der Waals surface area contributed by atoms with Crippen LogP contribution >= 0.6 is 0 Å². The first-order valence-corrected chi connectivity index (χ1v) is 6.20. The highest BCUT2D eigenvalue weighted by Crippen LogP contribution is 2.24. The van der Waals surface area contributed by atoms with E-state index in [1.165, 1.54) is 0 Å². The highest BCUT2D eigenvalue weighted by Gasteiger charge is 2.24. The zero-order chi connectivity index (χ0) is 12.9. The molecule has 0 saturated heterocycles. The van der Waals surface area contributed by atoms with Crippen molar-refractivity contribution in [1.82, 2.24) is 19.7 Å². The van der Waals surface area contributed by atoms with Crippen molar-refractivity contribution < 1.29 is 0 Å². The first-order valence-electron chi connectivity index (χ1n) is 6.20. The second-order valence-electron chi connectivity index (χ2n) is 5.80. The second kappa shape index (κ2) is 3.57. The van der Waals surface area contributed by atoms with Crippen molar-refractivity contribution in [3.63, 3.8) is 0 Å². The molecule has 1 saturated carbocycles. The van der Waals surface area contributed by atoms with Crippen molar-refractivity contribution in [2.75, 3.05) is 5.32 Å². The van der Waals surface area contributed by atoms with E-state index in [-0.39, 0.29) is 11.1 Å². The second-order valence-corrected chi connectivity index (χ2v) is 5.80. The summed E-state index contributed by atoms with van der Waals surface area (Å²) in [6.45, 7) is 6.11. The predicted octanol–water partition coefficient (Wildman–Crippen LogP) is 1.45. The van der Waals surface area contributed by atoms with Crippen LogP contribution in [0.25, 0.3) is 11.0 Å². The maximum atomic E-state index is 12.0. The molecule has 0 spiro atoms. The number of aromatic amines is 1. The Balaban J connectivity index is 2.16. The lowest BCUT2D eigenvalue weighted by atomic mass is 10.1. The first-order chi connectivity index (χ1) is 8.45. The molecule has 1 aliphatic carbocycles. The van der Waals surface area contributed by atoms with Gasteiger partial charge in [-0.3, -0.25) is 9.78 Å². The Bertz CT molecular complexity index is 645. The van der Waals surface area contributed by atoms with Gasteiger partial charge in [-0.25, -0.2) is 4.68 Å². The summed E-state index contributed by atoms with van der Waals surface area (Å²) < 4.78 is 1.79. The highest BCUT2D eigenvalue weighted by molar-refractivity contribution is 5.74. The molecule has 6 heteroatoms. The minimum Gasteiger partial charge on any atom is -0.353 e. The van der Waals surface area contributed by atoms with Crippen LogP contribution < -0.4 is 10.9 Å². The molecule has 96 valence electrons. The minimum absolute atomic E-state index is 0.140. The molecule has 0 bridgehead atoms. The maximum Gasteiger partial charge on any atom is 0.263 e. The zero-order valence-corrected chi connectivity index (χ0v) is 10.8. The number of H-pyrrole nitrogens is 1. The van der Waals surface area contributed by atoms with Crippen LogP contribution in [0, 0.1) is 0 Å². The highest BCUT2D eigenvalue weighted by atomic mass is 16.1. The smallest absolute Gasteiger partial charge is 0.263 e. The number of hydrogen-bond donors (Lipinski definition) is 2. The van der Waals surface area contributed by atoms with Gasteiger partial charge in [0.15, 0.2) is 5.65 Å². The zero-order valence-electron chi connectivity index (χ0n) is 10.8. The van der Waals surface area contributed by atoms with E-state index < -0.39 is 0 Å². The average molecular weight is 247 g/mol. The summed E-state index contributed by atoms with van der Waals surface area (Å²) in [5.74, 6) is 0.543. The van der Waals surface area contributed by atoms with Gasteiger partial charge in [0.1, 0.15) is 5.39 Å². The SMILES string of the molecule is CC(C)(C)n1ncc2c(=O)[nH]c(NC3CC3)nc21. The standard InChI is InChI=1S/C12H17N5O/c1-12(2,3)17-9-8(6-13-17)10(18)16-11(15-9)14-7-4-5-7/h6-7H,4-5H2,1-3H3,(H2,14,15,16,18). The van der Waals surface area contributed by atoms with Crippen molar-refractivity contribution in [2.45, 2.75) is 45.2 Å². The number of nitrogens with one attached hydrogen (secondary N) is 2. The van der Waals surface area contributed by atoms with Crippen LogP contribution in [-0.4, -0.2) is 25.8 Å². The van der Waals surface area contributed by atoms with E-state index in [2.05, 4.69) is 20.4 Å². The van der Waals surface area contributed by atoms with Gasteiger partial charge in [0.2, 0.25) is 5.95 Å². The summed E-state index contributed by atoms with van der Waals surface area (Å²) in [5.41, 5.74) is 0.299.